The van der Waals surface area contributed by atoms with Crippen LogP contribution in [0.4, 0.5) is 19.0 Å². The van der Waals surface area contributed by atoms with Gasteiger partial charge in [-0.1, -0.05) is 18.2 Å². The van der Waals surface area contributed by atoms with E-state index in [0.717, 1.165) is 17.8 Å². The highest BCUT2D eigenvalue weighted by atomic mass is 32.2. The number of rotatable bonds is 2. The van der Waals surface area contributed by atoms with Crippen molar-refractivity contribution in [2.24, 2.45) is 0 Å². The fraction of sp³-hybridized carbons (Fsp3) is 0.222. The van der Waals surface area contributed by atoms with E-state index in [2.05, 4.69) is 20.4 Å². The molecule has 0 bridgehead atoms. The molecule has 3 aromatic rings. The van der Waals surface area contributed by atoms with E-state index in [1.807, 2.05) is 0 Å². The van der Waals surface area contributed by atoms with Crippen LogP contribution in [0.3, 0.4) is 0 Å². The molecule has 3 heterocycles. The van der Waals surface area contributed by atoms with Gasteiger partial charge in [0.2, 0.25) is 5.91 Å². The second-order valence-corrected chi connectivity index (χ2v) is 7.23. The highest BCUT2D eigenvalue weighted by Crippen LogP contribution is 2.47. The zero-order chi connectivity index (χ0) is 19.9. The summed E-state index contributed by atoms with van der Waals surface area (Å²) in [4.78, 5) is 20.5. The first-order valence-corrected chi connectivity index (χ1v) is 9.35. The number of alkyl halides is 3. The zero-order valence-corrected chi connectivity index (χ0v) is 15.4. The fourth-order valence-electron chi connectivity index (χ4n) is 3.16. The predicted molar refractivity (Wildman–Crippen MR) is 98.3 cm³/mol. The van der Waals surface area contributed by atoms with Crippen LogP contribution in [0.2, 0.25) is 0 Å². The molecule has 1 aromatic carbocycles. The largest absolute Gasteiger partial charge is 0.416 e. The third-order valence-electron chi connectivity index (χ3n) is 4.30. The molecule has 1 aliphatic heterocycles. The number of fused-ring (bicyclic) bond motifs is 1. The monoisotopic (exact) mass is 405 g/mol. The summed E-state index contributed by atoms with van der Waals surface area (Å²) in [6, 6.07) is 7.04. The number of benzene rings is 1. The number of carbonyl (C=O) groups is 1. The van der Waals surface area contributed by atoms with Crippen LogP contribution >= 0.6 is 11.8 Å². The van der Waals surface area contributed by atoms with Gasteiger partial charge >= 0.3 is 6.18 Å². The molecular weight excluding hydrogens is 391 g/mol. The van der Waals surface area contributed by atoms with Gasteiger partial charge in [-0.15, -0.1) is 11.8 Å². The molecule has 0 saturated carbocycles. The van der Waals surface area contributed by atoms with Crippen molar-refractivity contribution in [2.45, 2.75) is 18.3 Å². The molecule has 10 heteroatoms. The number of thioether (sulfide) groups is 1. The maximum absolute atomic E-state index is 13.6. The molecule has 0 fully saturated rings. The smallest absolute Gasteiger partial charge is 0.309 e. The molecule has 28 heavy (non-hydrogen) atoms. The Hall–Kier alpha value is -2.88. The van der Waals surface area contributed by atoms with Crippen molar-refractivity contribution >= 4 is 23.5 Å². The van der Waals surface area contributed by atoms with Gasteiger partial charge < -0.3 is 5.32 Å². The second kappa shape index (κ2) is 6.93. The summed E-state index contributed by atoms with van der Waals surface area (Å²) in [5.41, 5.74) is 0.379. The fourth-order valence-corrected chi connectivity index (χ4v) is 4.38. The van der Waals surface area contributed by atoms with E-state index in [9.17, 15) is 18.0 Å². The topological polar surface area (TPSA) is 72.7 Å². The van der Waals surface area contributed by atoms with Gasteiger partial charge in [-0.05, 0) is 24.6 Å². The summed E-state index contributed by atoms with van der Waals surface area (Å²) in [6.07, 6.45) is -1.46. The lowest BCUT2D eigenvalue weighted by Gasteiger charge is -2.20. The average molecular weight is 405 g/mol. The zero-order valence-electron chi connectivity index (χ0n) is 14.6. The molecule has 4 rings (SSSR count). The lowest BCUT2D eigenvalue weighted by atomic mass is 9.98. The molecule has 1 amide bonds. The number of amides is 1. The molecule has 0 saturated heterocycles. The Morgan fingerprint density at radius 3 is 2.61 bits per heavy atom. The van der Waals surface area contributed by atoms with E-state index < -0.39 is 17.0 Å². The molecule has 2 aromatic heterocycles. The van der Waals surface area contributed by atoms with Crippen LogP contribution in [0.5, 0.6) is 0 Å². The predicted octanol–water partition coefficient (Wildman–Crippen LogP) is 3.76. The van der Waals surface area contributed by atoms with Crippen molar-refractivity contribution in [2.75, 3.05) is 11.1 Å². The van der Waals surface area contributed by atoms with Gasteiger partial charge in [0.05, 0.1) is 22.3 Å². The van der Waals surface area contributed by atoms with Crippen LogP contribution in [0.1, 0.15) is 27.6 Å². The third kappa shape index (κ3) is 3.24. The van der Waals surface area contributed by atoms with Gasteiger partial charge in [0, 0.05) is 18.0 Å². The van der Waals surface area contributed by atoms with Gasteiger partial charge in [-0.2, -0.15) is 23.0 Å². The summed E-state index contributed by atoms with van der Waals surface area (Å²) < 4.78 is 42.1. The van der Waals surface area contributed by atoms with E-state index >= 15 is 0 Å². The molecule has 0 aliphatic carbocycles. The Morgan fingerprint density at radius 2 is 1.89 bits per heavy atom. The quantitative estimate of drug-likeness (QED) is 0.703. The average Bonchev–Trinajstić information content (AvgIpc) is 2.88. The highest BCUT2D eigenvalue weighted by Gasteiger charge is 2.38. The minimum atomic E-state index is -4.51. The van der Waals surface area contributed by atoms with Crippen molar-refractivity contribution in [1.82, 2.24) is 19.7 Å². The summed E-state index contributed by atoms with van der Waals surface area (Å²) in [7, 11) is 0. The number of anilines is 1. The third-order valence-corrected chi connectivity index (χ3v) is 5.55. The number of nitrogens with one attached hydrogen (secondary N) is 1. The minimum Gasteiger partial charge on any atom is -0.309 e. The molecule has 1 atom stereocenters. The Balaban J connectivity index is 1.93. The van der Waals surface area contributed by atoms with Crippen molar-refractivity contribution in [1.29, 1.82) is 0 Å². The van der Waals surface area contributed by atoms with Crippen LogP contribution in [0.25, 0.3) is 5.95 Å². The van der Waals surface area contributed by atoms with Crippen LogP contribution in [-0.2, 0) is 11.0 Å². The molecule has 1 aliphatic rings. The Kier molecular flexibility index (Phi) is 4.58. The lowest BCUT2D eigenvalue weighted by Crippen LogP contribution is -2.16. The normalized spacial score (nSPS) is 17.0. The number of hydrogen-bond acceptors (Lipinski definition) is 5. The second-order valence-electron chi connectivity index (χ2n) is 6.13. The number of aromatic nitrogens is 4. The van der Waals surface area contributed by atoms with E-state index in [1.165, 1.54) is 29.2 Å². The van der Waals surface area contributed by atoms with Crippen molar-refractivity contribution < 1.29 is 18.0 Å². The number of carbonyl (C=O) groups excluding carboxylic acids is 1. The molecule has 0 spiro atoms. The Bertz CT molecular complexity index is 1040. The molecule has 1 N–H and O–H groups in total. The van der Waals surface area contributed by atoms with Crippen LogP contribution in [0.15, 0.2) is 42.7 Å². The molecule has 0 radical (unpaired) electrons. The van der Waals surface area contributed by atoms with Crippen molar-refractivity contribution in [3.63, 3.8) is 0 Å². The lowest BCUT2D eigenvalue weighted by molar-refractivity contribution is -0.138. The Labute approximate surface area is 162 Å². The van der Waals surface area contributed by atoms with E-state index in [1.54, 1.807) is 19.1 Å². The maximum Gasteiger partial charge on any atom is 0.416 e. The van der Waals surface area contributed by atoms with E-state index in [0.29, 0.717) is 17.1 Å². The van der Waals surface area contributed by atoms with Gasteiger partial charge in [0.1, 0.15) is 5.82 Å². The van der Waals surface area contributed by atoms with E-state index in [-0.39, 0.29) is 23.2 Å². The first-order chi connectivity index (χ1) is 13.4. The standard InChI is InChI=1S/C18H14F3N5OS/c1-10-14-15(11-5-2-3-6-12(11)18(19,20)21)28-9-13(27)24-16(14)26(25-10)17-22-7-4-8-23-17/h2-8,15H,9H2,1H3,(H,24,27). The van der Waals surface area contributed by atoms with E-state index in [4.69, 9.17) is 0 Å². The summed E-state index contributed by atoms with van der Waals surface area (Å²) in [5.74, 6) is 0.207. The first-order valence-electron chi connectivity index (χ1n) is 8.30. The van der Waals surface area contributed by atoms with Gasteiger partial charge in [0.15, 0.2) is 0 Å². The van der Waals surface area contributed by atoms with Gasteiger partial charge in [0.25, 0.3) is 5.95 Å². The SMILES string of the molecule is Cc1nn(-c2ncccn2)c2c1C(c1ccccc1C(F)(F)F)SCC(=O)N2. The summed E-state index contributed by atoms with van der Waals surface area (Å²) >= 11 is 1.13. The van der Waals surface area contributed by atoms with Crippen molar-refractivity contribution in [3.05, 3.63) is 65.1 Å². The summed E-state index contributed by atoms with van der Waals surface area (Å²) in [6.45, 7) is 1.69. The number of hydrogen-bond donors (Lipinski definition) is 1. The Morgan fingerprint density at radius 1 is 1.18 bits per heavy atom. The highest BCUT2D eigenvalue weighted by molar-refractivity contribution is 8.00. The van der Waals surface area contributed by atoms with Crippen LogP contribution in [-0.4, -0.2) is 31.4 Å². The number of halogens is 3. The molecule has 144 valence electrons. The van der Waals surface area contributed by atoms with Crippen molar-refractivity contribution in [3.8, 4) is 5.95 Å². The van der Waals surface area contributed by atoms with Crippen LogP contribution < -0.4 is 5.32 Å². The maximum atomic E-state index is 13.6. The number of aryl methyl sites for hydroxylation is 1. The summed E-state index contributed by atoms with van der Waals surface area (Å²) in [5, 5.41) is 6.42. The molecule has 6 nitrogen and oxygen atoms in total. The number of nitrogens with zero attached hydrogens (tertiary/aromatic N) is 4. The van der Waals surface area contributed by atoms with Crippen LogP contribution in [0, 0.1) is 6.92 Å². The molecule has 1 unspecified atom stereocenters. The van der Waals surface area contributed by atoms with Gasteiger partial charge in [-0.3, -0.25) is 4.79 Å². The first kappa shape index (κ1) is 18.5. The molecular formula is C18H14F3N5OS. The minimum absolute atomic E-state index is 0.0145. The van der Waals surface area contributed by atoms with Gasteiger partial charge in [-0.25, -0.2) is 9.97 Å².